The van der Waals surface area contributed by atoms with Gasteiger partial charge in [-0.25, -0.2) is 0 Å². The van der Waals surface area contributed by atoms with Crippen molar-refractivity contribution < 1.29 is 15.3 Å². The van der Waals surface area contributed by atoms with Crippen LogP contribution >= 0.6 is 0 Å². The molecule has 5 nitrogen and oxygen atoms in total. The maximum Gasteiger partial charge on any atom is 0.122 e. The Hall–Kier alpha value is -1.30. The number of anilines is 1. The van der Waals surface area contributed by atoms with Gasteiger partial charge in [-0.15, -0.1) is 0 Å². The van der Waals surface area contributed by atoms with Gasteiger partial charge in [-0.2, -0.15) is 0 Å². The number of aromatic hydroxyl groups is 1. The molecule has 0 aliphatic rings. The van der Waals surface area contributed by atoms with Crippen molar-refractivity contribution in [2.24, 2.45) is 0 Å². The highest BCUT2D eigenvalue weighted by atomic mass is 16.3. The molecule has 0 amide bonds. The number of nitrogen functional groups attached to an aromatic ring is 1. The maximum atomic E-state index is 9.50. The van der Waals surface area contributed by atoms with Crippen LogP contribution in [0.1, 0.15) is 5.56 Å². The van der Waals surface area contributed by atoms with Gasteiger partial charge in [0.2, 0.25) is 0 Å². The molecule has 0 bridgehead atoms. The summed E-state index contributed by atoms with van der Waals surface area (Å²) < 4.78 is 0. The van der Waals surface area contributed by atoms with E-state index in [1.807, 2.05) is 0 Å². The molecular weight excluding hydrogens is 196 g/mol. The fourth-order valence-electron chi connectivity index (χ4n) is 1.22. The van der Waals surface area contributed by atoms with E-state index in [1.165, 1.54) is 0 Å². The van der Waals surface area contributed by atoms with Crippen LogP contribution in [0.3, 0.4) is 0 Å². The topological polar surface area (TPSA) is 98.7 Å². The molecule has 0 atom stereocenters. The van der Waals surface area contributed by atoms with Gasteiger partial charge in [-0.05, 0) is 12.1 Å². The van der Waals surface area contributed by atoms with Crippen molar-refractivity contribution in [2.45, 2.75) is 12.6 Å². The average molecular weight is 212 g/mol. The first-order valence-corrected chi connectivity index (χ1v) is 4.70. The maximum absolute atomic E-state index is 9.50. The molecule has 0 spiro atoms. The molecule has 15 heavy (non-hydrogen) atoms. The van der Waals surface area contributed by atoms with Crippen molar-refractivity contribution in [1.29, 1.82) is 0 Å². The summed E-state index contributed by atoms with van der Waals surface area (Å²) >= 11 is 0. The van der Waals surface area contributed by atoms with E-state index in [0.717, 1.165) is 0 Å². The van der Waals surface area contributed by atoms with Gasteiger partial charge in [0.1, 0.15) is 5.75 Å². The predicted octanol–water partition coefficient (Wildman–Crippen LogP) is -0.583. The number of phenols is 1. The van der Waals surface area contributed by atoms with Gasteiger partial charge in [-0.1, -0.05) is 6.07 Å². The fourth-order valence-corrected chi connectivity index (χ4v) is 1.22. The lowest BCUT2D eigenvalue weighted by atomic mass is 10.1. The zero-order valence-corrected chi connectivity index (χ0v) is 8.35. The van der Waals surface area contributed by atoms with E-state index in [2.05, 4.69) is 5.32 Å². The molecule has 0 aromatic heterocycles. The van der Waals surface area contributed by atoms with Crippen LogP contribution in [0.25, 0.3) is 0 Å². The molecule has 6 N–H and O–H groups in total. The van der Waals surface area contributed by atoms with E-state index in [0.29, 0.717) is 17.8 Å². The SMILES string of the molecule is Nc1cccc(O)c1CNC(CO)CO. The first-order chi connectivity index (χ1) is 7.19. The molecule has 1 rings (SSSR count). The van der Waals surface area contributed by atoms with Gasteiger partial charge in [-0.3, -0.25) is 0 Å². The summed E-state index contributed by atoms with van der Waals surface area (Å²) in [6.45, 7) is -0.0156. The zero-order chi connectivity index (χ0) is 11.3. The Morgan fingerprint density at radius 2 is 1.93 bits per heavy atom. The number of aliphatic hydroxyl groups is 2. The minimum atomic E-state index is -0.399. The van der Waals surface area contributed by atoms with Crippen LogP contribution in [0.4, 0.5) is 5.69 Å². The molecule has 0 saturated carbocycles. The number of nitrogens with one attached hydrogen (secondary N) is 1. The zero-order valence-electron chi connectivity index (χ0n) is 8.35. The lowest BCUT2D eigenvalue weighted by Gasteiger charge is -2.15. The first kappa shape index (κ1) is 11.8. The van der Waals surface area contributed by atoms with Gasteiger partial charge >= 0.3 is 0 Å². The summed E-state index contributed by atoms with van der Waals surface area (Å²) in [5.41, 5.74) is 6.72. The van der Waals surface area contributed by atoms with Crippen LogP contribution in [0.5, 0.6) is 5.75 Å². The molecule has 0 unspecified atom stereocenters. The second kappa shape index (κ2) is 5.55. The van der Waals surface area contributed by atoms with Crippen molar-refractivity contribution in [3.05, 3.63) is 23.8 Å². The van der Waals surface area contributed by atoms with Crippen molar-refractivity contribution >= 4 is 5.69 Å². The Bertz CT molecular complexity index is 293. The fraction of sp³-hybridized carbons (Fsp3) is 0.400. The smallest absolute Gasteiger partial charge is 0.122 e. The van der Waals surface area contributed by atoms with E-state index >= 15 is 0 Å². The predicted molar refractivity (Wildman–Crippen MR) is 57.3 cm³/mol. The molecule has 0 radical (unpaired) electrons. The van der Waals surface area contributed by atoms with Crippen LogP contribution in [-0.2, 0) is 6.54 Å². The van der Waals surface area contributed by atoms with Crippen LogP contribution in [0, 0.1) is 0 Å². The van der Waals surface area contributed by atoms with Crippen LogP contribution in [0.2, 0.25) is 0 Å². The Labute approximate surface area is 88.2 Å². The molecule has 0 aliphatic carbocycles. The standard InChI is InChI=1S/C10H16N2O3/c11-9-2-1-3-10(15)8(9)4-12-7(5-13)6-14/h1-3,7,12-15H,4-6,11H2. The van der Waals surface area contributed by atoms with Crippen molar-refractivity contribution in [3.8, 4) is 5.75 Å². The monoisotopic (exact) mass is 212 g/mol. The van der Waals surface area contributed by atoms with E-state index in [-0.39, 0.29) is 19.0 Å². The third-order valence-corrected chi connectivity index (χ3v) is 2.20. The number of hydrogen-bond donors (Lipinski definition) is 5. The Morgan fingerprint density at radius 1 is 1.27 bits per heavy atom. The largest absolute Gasteiger partial charge is 0.508 e. The summed E-state index contributed by atoms with van der Waals surface area (Å²) in [6.07, 6.45) is 0. The van der Waals surface area contributed by atoms with E-state index in [9.17, 15) is 5.11 Å². The second-order valence-corrected chi connectivity index (χ2v) is 3.29. The highest BCUT2D eigenvalue weighted by Crippen LogP contribution is 2.22. The molecule has 0 saturated heterocycles. The normalized spacial score (nSPS) is 10.9. The lowest BCUT2D eigenvalue weighted by molar-refractivity contribution is 0.170. The molecular formula is C10H16N2O3. The second-order valence-electron chi connectivity index (χ2n) is 3.29. The minimum absolute atomic E-state index is 0.108. The Morgan fingerprint density at radius 3 is 2.47 bits per heavy atom. The number of aliphatic hydroxyl groups excluding tert-OH is 2. The molecule has 84 valence electrons. The van der Waals surface area contributed by atoms with E-state index in [1.54, 1.807) is 18.2 Å². The summed E-state index contributed by atoms with van der Waals surface area (Å²) in [5.74, 6) is 0.108. The van der Waals surface area contributed by atoms with Crippen LogP contribution < -0.4 is 11.1 Å². The lowest BCUT2D eigenvalue weighted by Crippen LogP contribution is -2.35. The van der Waals surface area contributed by atoms with Crippen LogP contribution in [0.15, 0.2) is 18.2 Å². The third kappa shape index (κ3) is 3.09. The summed E-state index contributed by atoms with van der Waals surface area (Å²) in [4.78, 5) is 0. The third-order valence-electron chi connectivity index (χ3n) is 2.20. The highest BCUT2D eigenvalue weighted by Gasteiger charge is 2.08. The molecule has 1 aromatic carbocycles. The number of phenolic OH excluding ortho intramolecular Hbond substituents is 1. The van der Waals surface area contributed by atoms with Gasteiger partial charge in [0.15, 0.2) is 0 Å². The first-order valence-electron chi connectivity index (χ1n) is 4.70. The number of nitrogens with two attached hydrogens (primary N) is 1. The Kier molecular flexibility index (Phi) is 4.36. The average Bonchev–Trinajstić information content (AvgIpc) is 2.23. The van der Waals surface area contributed by atoms with Crippen molar-refractivity contribution in [2.75, 3.05) is 18.9 Å². The summed E-state index contributed by atoms with van der Waals surface area (Å²) in [5, 5.41) is 30.0. The number of benzene rings is 1. The minimum Gasteiger partial charge on any atom is -0.508 e. The van der Waals surface area contributed by atoms with E-state index in [4.69, 9.17) is 15.9 Å². The van der Waals surface area contributed by atoms with Gasteiger partial charge < -0.3 is 26.4 Å². The molecule has 0 heterocycles. The number of hydrogen-bond acceptors (Lipinski definition) is 5. The quantitative estimate of drug-likeness (QED) is 0.420. The number of rotatable bonds is 5. The van der Waals surface area contributed by atoms with Crippen molar-refractivity contribution in [1.82, 2.24) is 5.32 Å². The van der Waals surface area contributed by atoms with Gasteiger partial charge in [0.05, 0.1) is 19.3 Å². The molecule has 1 aromatic rings. The van der Waals surface area contributed by atoms with Crippen LogP contribution in [-0.4, -0.2) is 34.6 Å². The Balaban J connectivity index is 2.64. The van der Waals surface area contributed by atoms with Gasteiger partial charge in [0, 0.05) is 17.8 Å². The summed E-state index contributed by atoms with van der Waals surface area (Å²) in [6, 6.07) is 4.48. The molecule has 5 heteroatoms. The van der Waals surface area contributed by atoms with Crippen molar-refractivity contribution in [3.63, 3.8) is 0 Å². The van der Waals surface area contributed by atoms with Gasteiger partial charge in [0.25, 0.3) is 0 Å². The molecule has 0 fully saturated rings. The van der Waals surface area contributed by atoms with E-state index < -0.39 is 6.04 Å². The highest BCUT2D eigenvalue weighted by molar-refractivity contribution is 5.53. The molecule has 0 aliphatic heterocycles. The summed E-state index contributed by atoms with van der Waals surface area (Å²) in [7, 11) is 0.